The molecule has 0 saturated heterocycles. The summed E-state index contributed by atoms with van der Waals surface area (Å²) >= 11 is 5.84. The summed E-state index contributed by atoms with van der Waals surface area (Å²) in [5, 5.41) is 14.0. The van der Waals surface area contributed by atoms with E-state index < -0.39 is 0 Å². The van der Waals surface area contributed by atoms with Crippen LogP contribution in [0.1, 0.15) is 11.5 Å². The maximum absolute atomic E-state index is 9.42. The first-order chi connectivity index (χ1) is 9.70. The average molecular weight is 287 g/mol. The molecule has 1 N–H and O–H groups in total. The number of benzene rings is 2. The van der Waals surface area contributed by atoms with Gasteiger partial charge in [0.15, 0.2) is 0 Å². The summed E-state index contributed by atoms with van der Waals surface area (Å²) in [6, 6.07) is 14.2. The quantitative estimate of drug-likeness (QED) is 0.798. The first-order valence-electron chi connectivity index (χ1n) is 6.07. The average Bonchev–Trinajstić information content (AvgIpc) is 2.88. The van der Waals surface area contributed by atoms with Crippen molar-refractivity contribution in [2.24, 2.45) is 0 Å². The fraction of sp³-hybridized carbons (Fsp3) is 0.0667. The molecule has 3 aromatic rings. The van der Waals surface area contributed by atoms with E-state index in [9.17, 15) is 5.11 Å². The predicted molar refractivity (Wildman–Crippen MR) is 75.7 cm³/mol. The molecule has 1 aromatic heterocycles. The first-order valence-corrected chi connectivity index (χ1v) is 6.45. The molecule has 0 unspecified atom stereocenters. The molecule has 0 bridgehead atoms. The van der Waals surface area contributed by atoms with Gasteiger partial charge in [0, 0.05) is 10.6 Å². The molecule has 4 nitrogen and oxygen atoms in total. The van der Waals surface area contributed by atoms with Crippen LogP contribution in [0.15, 0.2) is 53.1 Å². The third kappa shape index (κ3) is 2.81. The van der Waals surface area contributed by atoms with Gasteiger partial charge in [-0.1, -0.05) is 28.9 Å². The zero-order chi connectivity index (χ0) is 13.9. The molecule has 0 aliphatic carbocycles. The molecule has 20 heavy (non-hydrogen) atoms. The van der Waals surface area contributed by atoms with Crippen LogP contribution >= 0.6 is 11.6 Å². The molecule has 0 fully saturated rings. The molecule has 3 rings (SSSR count). The predicted octanol–water partition coefficient (Wildman–Crippen LogP) is 3.69. The number of aromatic nitrogens is 2. The van der Waals surface area contributed by atoms with Gasteiger partial charge in [-0.2, -0.15) is 4.98 Å². The molecule has 0 spiro atoms. The van der Waals surface area contributed by atoms with Crippen LogP contribution in [-0.2, 0) is 6.42 Å². The second-order valence-electron chi connectivity index (χ2n) is 4.37. The fourth-order valence-electron chi connectivity index (χ4n) is 1.88. The van der Waals surface area contributed by atoms with Gasteiger partial charge < -0.3 is 9.63 Å². The summed E-state index contributed by atoms with van der Waals surface area (Å²) in [6.45, 7) is 0. The molecular formula is C15H11ClN2O2. The van der Waals surface area contributed by atoms with E-state index in [1.807, 2.05) is 18.2 Å². The highest BCUT2D eigenvalue weighted by Gasteiger charge is 2.09. The van der Waals surface area contributed by atoms with Gasteiger partial charge in [-0.3, -0.25) is 0 Å². The Bertz CT molecular complexity index is 723. The lowest BCUT2D eigenvalue weighted by molar-refractivity contribution is 0.385. The van der Waals surface area contributed by atoms with Crippen molar-refractivity contribution in [3.63, 3.8) is 0 Å². The Morgan fingerprint density at radius 2 is 1.90 bits per heavy atom. The van der Waals surface area contributed by atoms with E-state index in [4.69, 9.17) is 16.1 Å². The maximum Gasteiger partial charge on any atom is 0.231 e. The Labute approximate surface area is 120 Å². The zero-order valence-corrected chi connectivity index (χ0v) is 11.2. The topological polar surface area (TPSA) is 59.2 Å². The summed E-state index contributed by atoms with van der Waals surface area (Å²) in [6.07, 6.45) is 0.481. The van der Waals surface area contributed by atoms with Gasteiger partial charge in [0.05, 0.1) is 6.42 Å². The Balaban J connectivity index is 1.82. The van der Waals surface area contributed by atoms with E-state index in [1.165, 1.54) is 0 Å². The smallest absolute Gasteiger partial charge is 0.231 e. The summed E-state index contributed by atoms with van der Waals surface area (Å²) in [7, 11) is 0. The van der Waals surface area contributed by atoms with Gasteiger partial charge in [-0.15, -0.1) is 0 Å². The second kappa shape index (κ2) is 5.35. The molecule has 2 aromatic carbocycles. The van der Waals surface area contributed by atoms with Gasteiger partial charge in [-0.25, -0.2) is 0 Å². The molecular weight excluding hydrogens is 276 g/mol. The van der Waals surface area contributed by atoms with Crippen LogP contribution in [0.2, 0.25) is 5.02 Å². The van der Waals surface area contributed by atoms with Crippen LogP contribution in [0.3, 0.4) is 0 Å². The van der Waals surface area contributed by atoms with Crippen LogP contribution in [-0.4, -0.2) is 15.2 Å². The van der Waals surface area contributed by atoms with Crippen molar-refractivity contribution in [3.05, 3.63) is 65.0 Å². The van der Waals surface area contributed by atoms with Gasteiger partial charge >= 0.3 is 0 Å². The minimum Gasteiger partial charge on any atom is -0.508 e. The Hall–Kier alpha value is -2.33. The van der Waals surface area contributed by atoms with E-state index in [2.05, 4.69) is 10.1 Å². The lowest BCUT2D eigenvalue weighted by Gasteiger charge is -1.97. The van der Waals surface area contributed by atoms with Crippen molar-refractivity contribution >= 4 is 11.6 Å². The third-order valence-corrected chi connectivity index (χ3v) is 3.09. The molecule has 1 heterocycles. The number of phenols is 1. The molecule has 0 atom stereocenters. The van der Waals surface area contributed by atoms with Crippen molar-refractivity contribution in [2.75, 3.05) is 0 Å². The van der Waals surface area contributed by atoms with E-state index >= 15 is 0 Å². The van der Waals surface area contributed by atoms with E-state index in [1.54, 1.807) is 30.3 Å². The molecule has 100 valence electrons. The third-order valence-electron chi connectivity index (χ3n) is 2.84. The summed E-state index contributed by atoms with van der Waals surface area (Å²) in [5.74, 6) is 1.25. The molecule has 0 radical (unpaired) electrons. The van der Waals surface area contributed by atoms with Gasteiger partial charge in [0.1, 0.15) is 5.75 Å². The van der Waals surface area contributed by atoms with Gasteiger partial charge in [-0.05, 0) is 42.0 Å². The summed E-state index contributed by atoms with van der Waals surface area (Å²) in [4.78, 5) is 4.33. The minimum absolute atomic E-state index is 0.222. The number of halogens is 1. The van der Waals surface area contributed by atoms with Crippen molar-refractivity contribution in [2.45, 2.75) is 6.42 Å². The van der Waals surface area contributed by atoms with Crippen LogP contribution in [0.4, 0.5) is 0 Å². The van der Waals surface area contributed by atoms with Gasteiger partial charge in [0.2, 0.25) is 11.7 Å². The van der Waals surface area contributed by atoms with E-state index in [0.717, 1.165) is 11.1 Å². The molecule has 0 saturated carbocycles. The minimum atomic E-state index is 0.222. The maximum atomic E-state index is 9.42. The Kier molecular flexibility index (Phi) is 3.39. The second-order valence-corrected chi connectivity index (χ2v) is 4.80. The molecule has 5 heteroatoms. The molecule has 0 aliphatic heterocycles. The number of rotatable bonds is 3. The Morgan fingerprint density at radius 3 is 2.65 bits per heavy atom. The highest BCUT2D eigenvalue weighted by Crippen LogP contribution is 2.20. The molecule has 0 amide bonds. The standard InChI is InChI=1S/C15H11ClN2O2/c16-12-6-4-11(5-7-12)15-17-14(20-18-15)9-10-2-1-3-13(19)8-10/h1-8,19H,9H2. The van der Waals surface area contributed by atoms with E-state index in [0.29, 0.717) is 23.2 Å². The SMILES string of the molecule is Oc1cccc(Cc2nc(-c3ccc(Cl)cc3)no2)c1. The summed E-state index contributed by atoms with van der Waals surface area (Å²) < 4.78 is 5.22. The van der Waals surface area contributed by atoms with Crippen LogP contribution in [0.25, 0.3) is 11.4 Å². The Morgan fingerprint density at radius 1 is 1.10 bits per heavy atom. The lowest BCUT2D eigenvalue weighted by Crippen LogP contribution is -1.88. The number of phenolic OH excluding ortho intramolecular Hbond substituents is 1. The number of aromatic hydroxyl groups is 1. The zero-order valence-electron chi connectivity index (χ0n) is 10.5. The lowest BCUT2D eigenvalue weighted by atomic mass is 10.1. The van der Waals surface area contributed by atoms with Crippen LogP contribution in [0, 0.1) is 0 Å². The van der Waals surface area contributed by atoms with Crippen LogP contribution in [0.5, 0.6) is 5.75 Å². The fourth-order valence-corrected chi connectivity index (χ4v) is 2.01. The number of hydrogen-bond acceptors (Lipinski definition) is 4. The number of hydrogen-bond donors (Lipinski definition) is 1. The largest absolute Gasteiger partial charge is 0.508 e. The number of nitrogens with zero attached hydrogens (tertiary/aromatic N) is 2. The highest BCUT2D eigenvalue weighted by atomic mass is 35.5. The van der Waals surface area contributed by atoms with E-state index in [-0.39, 0.29) is 5.75 Å². The summed E-state index contributed by atoms with van der Waals surface area (Å²) in [5.41, 5.74) is 1.76. The molecule has 0 aliphatic rings. The van der Waals surface area contributed by atoms with Crippen molar-refractivity contribution in [3.8, 4) is 17.1 Å². The van der Waals surface area contributed by atoms with Crippen molar-refractivity contribution < 1.29 is 9.63 Å². The highest BCUT2D eigenvalue weighted by molar-refractivity contribution is 6.30. The van der Waals surface area contributed by atoms with Crippen molar-refractivity contribution in [1.29, 1.82) is 0 Å². The van der Waals surface area contributed by atoms with Gasteiger partial charge in [0.25, 0.3) is 0 Å². The van der Waals surface area contributed by atoms with Crippen LogP contribution < -0.4 is 0 Å². The first kappa shape index (κ1) is 12.7. The monoisotopic (exact) mass is 286 g/mol. The van der Waals surface area contributed by atoms with Crippen molar-refractivity contribution in [1.82, 2.24) is 10.1 Å². The normalized spacial score (nSPS) is 10.7.